The summed E-state index contributed by atoms with van der Waals surface area (Å²) in [5.74, 6) is 0.0919. The first-order valence-electron chi connectivity index (χ1n) is 5.41. The lowest BCUT2D eigenvalue weighted by molar-refractivity contribution is -0.121. The molecule has 0 rings (SSSR count). The van der Waals surface area contributed by atoms with Crippen LogP contribution in [0.25, 0.3) is 0 Å². The van der Waals surface area contributed by atoms with E-state index in [9.17, 15) is 4.79 Å². The molecule has 0 heterocycles. The first-order chi connectivity index (χ1) is 7.16. The molecule has 0 spiro atoms. The van der Waals surface area contributed by atoms with Crippen LogP contribution in [0.1, 0.15) is 32.6 Å². The fraction of sp³-hybridized carbons (Fsp3) is 0.727. The molecule has 0 aromatic rings. The van der Waals surface area contributed by atoms with Gasteiger partial charge in [-0.1, -0.05) is 6.58 Å². The van der Waals surface area contributed by atoms with Crippen LogP contribution in [-0.2, 0) is 9.53 Å². The predicted molar refractivity (Wildman–Crippen MR) is 61.3 cm³/mol. The third-order valence-corrected chi connectivity index (χ3v) is 1.94. The van der Waals surface area contributed by atoms with Gasteiger partial charge in [-0.3, -0.25) is 4.79 Å². The minimum Gasteiger partial charge on any atom is -0.502 e. The van der Waals surface area contributed by atoms with Crippen molar-refractivity contribution in [1.29, 1.82) is 0 Å². The third-order valence-electron chi connectivity index (χ3n) is 1.94. The fourth-order valence-electron chi connectivity index (χ4n) is 1.14. The van der Waals surface area contributed by atoms with E-state index in [0.717, 1.165) is 19.3 Å². The van der Waals surface area contributed by atoms with Crippen LogP contribution >= 0.6 is 0 Å². The van der Waals surface area contributed by atoms with Crippen LogP contribution in [-0.4, -0.2) is 25.1 Å². The Balaban J connectivity index is 3.22. The zero-order chi connectivity index (χ0) is 11.5. The van der Waals surface area contributed by atoms with E-state index in [1.807, 2.05) is 6.92 Å². The van der Waals surface area contributed by atoms with Gasteiger partial charge >= 0.3 is 0 Å². The Morgan fingerprint density at radius 1 is 1.60 bits per heavy atom. The summed E-state index contributed by atoms with van der Waals surface area (Å²) in [6, 6.07) is 0.179. The van der Waals surface area contributed by atoms with Crippen molar-refractivity contribution < 1.29 is 9.53 Å². The number of carbonyl (C=O) groups excluding carboxylic acids is 1. The number of nitrogens with one attached hydrogen (secondary N) is 1. The normalized spacial score (nSPS) is 11.9. The van der Waals surface area contributed by atoms with Gasteiger partial charge in [-0.25, -0.2) is 0 Å². The molecule has 0 aromatic carbocycles. The molecule has 0 aliphatic carbocycles. The number of hydrogen-bond acceptors (Lipinski definition) is 3. The van der Waals surface area contributed by atoms with Crippen molar-refractivity contribution in [3.05, 3.63) is 12.8 Å². The van der Waals surface area contributed by atoms with E-state index in [1.54, 1.807) is 0 Å². The number of nitrogens with two attached hydrogens (primary N) is 1. The topological polar surface area (TPSA) is 64.3 Å². The van der Waals surface area contributed by atoms with Crippen molar-refractivity contribution in [3.63, 3.8) is 0 Å². The Morgan fingerprint density at radius 2 is 2.33 bits per heavy atom. The van der Waals surface area contributed by atoms with Crippen LogP contribution in [0.2, 0.25) is 0 Å². The van der Waals surface area contributed by atoms with E-state index in [-0.39, 0.29) is 11.9 Å². The van der Waals surface area contributed by atoms with Crippen molar-refractivity contribution in [2.75, 3.05) is 13.2 Å². The van der Waals surface area contributed by atoms with E-state index in [4.69, 9.17) is 10.5 Å². The van der Waals surface area contributed by atoms with Gasteiger partial charge in [0.25, 0.3) is 0 Å². The summed E-state index contributed by atoms with van der Waals surface area (Å²) < 4.78 is 4.92. The average molecular weight is 214 g/mol. The lowest BCUT2D eigenvalue weighted by Gasteiger charge is -2.06. The molecule has 0 aliphatic rings. The van der Waals surface area contributed by atoms with Gasteiger partial charge in [0.1, 0.15) is 0 Å². The summed E-state index contributed by atoms with van der Waals surface area (Å²) in [5, 5.41) is 2.82. The summed E-state index contributed by atoms with van der Waals surface area (Å²) in [4.78, 5) is 11.2. The highest BCUT2D eigenvalue weighted by molar-refractivity contribution is 5.75. The van der Waals surface area contributed by atoms with Crippen LogP contribution in [0.3, 0.4) is 0 Å². The summed E-state index contributed by atoms with van der Waals surface area (Å²) in [7, 11) is 0. The first kappa shape index (κ1) is 14.0. The molecule has 88 valence electrons. The second kappa shape index (κ2) is 9.52. The maximum absolute atomic E-state index is 11.2. The molecule has 4 heteroatoms. The minimum atomic E-state index is 0.0919. The Hall–Kier alpha value is -1.03. The van der Waals surface area contributed by atoms with Gasteiger partial charge in [0.15, 0.2) is 0 Å². The van der Waals surface area contributed by atoms with Crippen LogP contribution in [0.4, 0.5) is 0 Å². The van der Waals surface area contributed by atoms with Crippen LogP contribution in [0.5, 0.6) is 0 Å². The molecule has 0 aromatic heterocycles. The monoisotopic (exact) mass is 214 g/mol. The summed E-state index contributed by atoms with van der Waals surface area (Å²) >= 11 is 0. The molecule has 0 fully saturated rings. The summed E-state index contributed by atoms with van der Waals surface area (Å²) in [6.45, 7) is 6.64. The van der Waals surface area contributed by atoms with Gasteiger partial charge in [0.2, 0.25) is 5.91 Å². The second-order valence-corrected chi connectivity index (χ2v) is 3.61. The molecule has 0 bridgehead atoms. The van der Waals surface area contributed by atoms with E-state index in [0.29, 0.717) is 19.6 Å². The maximum atomic E-state index is 11.2. The largest absolute Gasteiger partial charge is 0.502 e. The van der Waals surface area contributed by atoms with Crippen molar-refractivity contribution in [1.82, 2.24) is 5.32 Å². The zero-order valence-electron chi connectivity index (χ0n) is 9.50. The Morgan fingerprint density at radius 3 is 2.93 bits per heavy atom. The third kappa shape index (κ3) is 10.9. The standard InChI is InChI=1S/C11H22N2O2/c1-3-15-9-5-8-13-11(14)7-4-6-10(2)12/h3,10H,1,4-9,12H2,2H3,(H,13,14). The van der Waals surface area contributed by atoms with Crippen molar-refractivity contribution in [2.45, 2.75) is 38.6 Å². The molecular weight excluding hydrogens is 192 g/mol. The molecule has 0 saturated carbocycles. The van der Waals surface area contributed by atoms with Gasteiger partial charge in [0.05, 0.1) is 12.9 Å². The van der Waals surface area contributed by atoms with Gasteiger partial charge in [-0.2, -0.15) is 0 Å². The van der Waals surface area contributed by atoms with Gasteiger partial charge in [0, 0.05) is 19.0 Å². The smallest absolute Gasteiger partial charge is 0.219 e. The highest BCUT2D eigenvalue weighted by Gasteiger charge is 2.01. The van der Waals surface area contributed by atoms with Crippen molar-refractivity contribution in [3.8, 4) is 0 Å². The predicted octanol–water partition coefficient (Wildman–Crippen LogP) is 1.17. The second-order valence-electron chi connectivity index (χ2n) is 3.61. The Labute approximate surface area is 91.9 Å². The SMILES string of the molecule is C=COCCCNC(=O)CCCC(C)N. The molecule has 0 radical (unpaired) electrons. The van der Waals surface area contributed by atoms with E-state index < -0.39 is 0 Å². The Bertz CT molecular complexity index is 181. The summed E-state index contributed by atoms with van der Waals surface area (Å²) in [6.07, 6.45) is 4.53. The first-order valence-corrected chi connectivity index (χ1v) is 5.41. The van der Waals surface area contributed by atoms with Crippen LogP contribution in [0, 0.1) is 0 Å². The highest BCUT2D eigenvalue weighted by Crippen LogP contribution is 1.97. The molecule has 1 unspecified atom stereocenters. The molecule has 15 heavy (non-hydrogen) atoms. The maximum Gasteiger partial charge on any atom is 0.219 e. The number of amides is 1. The van der Waals surface area contributed by atoms with E-state index in [1.165, 1.54) is 6.26 Å². The number of rotatable bonds is 9. The lowest BCUT2D eigenvalue weighted by Crippen LogP contribution is -2.25. The Kier molecular flexibility index (Phi) is 8.87. The minimum absolute atomic E-state index is 0.0919. The zero-order valence-corrected chi connectivity index (χ0v) is 9.50. The highest BCUT2D eigenvalue weighted by atomic mass is 16.5. The number of hydrogen-bond donors (Lipinski definition) is 2. The molecule has 0 aliphatic heterocycles. The van der Waals surface area contributed by atoms with Crippen molar-refractivity contribution >= 4 is 5.91 Å². The van der Waals surface area contributed by atoms with E-state index >= 15 is 0 Å². The van der Waals surface area contributed by atoms with Gasteiger partial charge in [-0.05, 0) is 26.2 Å². The molecule has 1 amide bonds. The van der Waals surface area contributed by atoms with Crippen LogP contribution in [0.15, 0.2) is 12.8 Å². The fourth-order valence-corrected chi connectivity index (χ4v) is 1.14. The van der Waals surface area contributed by atoms with E-state index in [2.05, 4.69) is 11.9 Å². The number of ether oxygens (including phenoxy) is 1. The number of carbonyl (C=O) groups is 1. The van der Waals surface area contributed by atoms with Crippen LogP contribution < -0.4 is 11.1 Å². The summed E-state index contributed by atoms with van der Waals surface area (Å²) in [5.41, 5.74) is 5.58. The lowest BCUT2D eigenvalue weighted by atomic mass is 10.1. The van der Waals surface area contributed by atoms with Gasteiger partial charge in [-0.15, -0.1) is 0 Å². The molecule has 0 saturated heterocycles. The average Bonchev–Trinajstić information content (AvgIpc) is 2.17. The molecule has 1 atom stereocenters. The molecule has 4 nitrogen and oxygen atoms in total. The van der Waals surface area contributed by atoms with Crippen molar-refractivity contribution in [2.24, 2.45) is 5.73 Å². The quantitative estimate of drug-likeness (QED) is 0.447. The molecular formula is C11H22N2O2. The molecule has 3 N–H and O–H groups in total. The van der Waals surface area contributed by atoms with Gasteiger partial charge < -0.3 is 15.8 Å².